The number of hydrogen-bond acceptors (Lipinski definition) is 1. The third kappa shape index (κ3) is 6.40. The van der Waals surface area contributed by atoms with Crippen LogP contribution in [0.25, 0.3) is 187 Å². The van der Waals surface area contributed by atoms with Crippen molar-refractivity contribution in [1.29, 1.82) is 0 Å². The Morgan fingerprint density at radius 3 is 0.495 bits per heavy atom. The van der Waals surface area contributed by atoms with Gasteiger partial charge in [-0.25, -0.2) is 0 Å². The number of furan rings is 1. The van der Waals surface area contributed by atoms with Gasteiger partial charge in [0.25, 0.3) is 0 Å². The van der Waals surface area contributed by atoms with Gasteiger partial charge < -0.3 is 31.8 Å². The Balaban J connectivity index is 1.09. The number of benzene rings is 14. The monoisotopic (exact) mass is 1160 g/mol. The summed E-state index contributed by atoms with van der Waals surface area (Å²) in [6, 6.07) is 112. The number of fused-ring (bicyclic) bond motifs is 21. The zero-order chi connectivity index (χ0) is 59.2. The highest BCUT2D eigenvalue weighted by Gasteiger charge is 2.34. The summed E-state index contributed by atoms with van der Waals surface area (Å²) in [7, 11) is 0. The first-order valence-corrected chi connectivity index (χ1v) is 31.3. The minimum atomic E-state index is 0.762. The third-order valence-electron chi connectivity index (χ3n) is 19.8. The third-order valence-corrected chi connectivity index (χ3v) is 19.8. The van der Waals surface area contributed by atoms with Crippen LogP contribution in [0.15, 0.2) is 308 Å². The van der Waals surface area contributed by atoms with Crippen molar-refractivity contribution in [1.82, 2.24) is 27.4 Å². The highest BCUT2D eigenvalue weighted by molar-refractivity contribution is 6.23. The normalized spacial score (nSPS) is 12.4. The maximum Gasteiger partial charge on any atom is 0.161 e. The van der Waals surface area contributed by atoms with E-state index in [9.17, 15) is 0 Å². The largest absolute Gasteiger partial charge is 0.451 e. The fourth-order valence-corrected chi connectivity index (χ4v) is 16.2. The first-order chi connectivity index (χ1) is 45.2. The molecule has 0 aliphatic rings. The van der Waals surface area contributed by atoms with E-state index >= 15 is 0 Å². The van der Waals surface area contributed by atoms with Crippen LogP contribution in [0.1, 0.15) is 0 Å². The van der Waals surface area contributed by atoms with Crippen LogP contribution in [0.4, 0.5) is 0 Å². The number of nitrogens with zero attached hydrogens (tertiary/aromatic N) is 6. The summed E-state index contributed by atoms with van der Waals surface area (Å²) in [4.78, 5) is 0. The van der Waals surface area contributed by atoms with E-state index in [1.54, 1.807) is 0 Å². The van der Waals surface area contributed by atoms with Crippen LogP contribution >= 0.6 is 0 Å². The fraction of sp³-hybridized carbons (Fsp3) is 0. The molecule has 0 aliphatic carbocycles. The molecule has 0 saturated heterocycles. The average Bonchev–Trinajstić information content (AvgIpc) is 1.55. The van der Waals surface area contributed by atoms with Crippen molar-refractivity contribution < 1.29 is 4.42 Å². The lowest BCUT2D eigenvalue weighted by Crippen LogP contribution is -2.10. The first kappa shape index (κ1) is 48.8. The van der Waals surface area contributed by atoms with Crippen molar-refractivity contribution in [3.8, 4) is 34.1 Å². The Kier molecular flexibility index (Phi) is 9.72. The van der Waals surface area contributed by atoms with E-state index in [0.717, 1.165) is 144 Å². The Morgan fingerprint density at radius 1 is 0.154 bits per heavy atom. The zero-order valence-electron chi connectivity index (χ0n) is 49.0. The highest BCUT2D eigenvalue weighted by Crippen LogP contribution is 2.52. The standard InChI is InChI=1S/C84H50N6O/c1-13-37-65-51(25-1)52-26-2-14-38-66(52)85(65)77-49-63-64-50-78(86-67-39-15-3-27-53(67)54-28-4-16-40-68(54)86)80(88-71-43-19-7-31-57(71)58-32-8-20-44-72(58)88)82(90-75-47-23-11-35-61(75)62-36-12-24-48-76(62)90)84(64)91-83(63)81(89-73-45-21-9-33-59(73)60-34-10-22-46-74(60)89)79(77)87-69-41-17-5-29-55(69)56-30-6-18-42-70(56)87/h1-50H. The van der Waals surface area contributed by atoms with E-state index in [4.69, 9.17) is 4.42 Å². The minimum absolute atomic E-state index is 0.762. The van der Waals surface area contributed by atoms with Crippen molar-refractivity contribution in [2.75, 3.05) is 0 Å². The number of hydrogen-bond donors (Lipinski definition) is 0. The molecule has 21 aromatic rings. The Labute approximate surface area is 519 Å². The zero-order valence-corrected chi connectivity index (χ0v) is 49.0. The summed E-state index contributed by atoms with van der Waals surface area (Å²) in [6.07, 6.45) is 0. The predicted octanol–water partition coefficient (Wildman–Crippen LogP) is 22.2. The smallest absolute Gasteiger partial charge is 0.161 e. The lowest BCUT2D eigenvalue weighted by molar-refractivity contribution is 0.663. The molecule has 0 bridgehead atoms. The van der Waals surface area contributed by atoms with Gasteiger partial charge in [-0.15, -0.1) is 0 Å². The van der Waals surface area contributed by atoms with Gasteiger partial charge in [-0.1, -0.05) is 218 Å². The maximum absolute atomic E-state index is 8.49. The molecule has 0 aliphatic heterocycles. The van der Waals surface area contributed by atoms with Gasteiger partial charge in [0.05, 0.1) is 88.9 Å². The molecule has 7 heterocycles. The molecule has 21 rings (SSSR count). The van der Waals surface area contributed by atoms with Crippen LogP contribution in [0.2, 0.25) is 0 Å². The van der Waals surface area contributed by atoms with E-state index in [1.165, 1.54) is 43.1 Å². The van der Waals surface area contributed by atoms with Gasteiger partial charge in [0.15, 0.2) is 11.2 Å². The van der Waals surface area contributed by atoms with Crippen molar-refractivity contribution in [3.63, 3.8) is 0 Å². The second kappa shape index (κ2) is 18.1. The van der Waals surface area contributed by atoms with Gasteiger partial charge in [0.2, 0.25) is 0 Å². The molecule has 0 saturated carbocycles. The molecular formula is C84H50N6O. The van der Waals surface area contributed by atoms with Crippen LogP contribution in [0.5, 0.6) is 0 Å². The summed E-state index contributed by atoms with van der Waals surface area (Å²) in [5.41, 5.74) is 20.5. The molecule has 91 heavy (non-hydrogen) atoms. The van der Waals surface area contributed by atoms with Gasteiger partial charge in [-0.3, -0.25) is 0 Å². The van der Waals surface area contributed by atoms with E-state index in [1.807, 2.05) is 0 Å². The molecule has 0 atom stereocenters. The van der Waals surface area contributed by atoms with Crippen molar-refractivity contribution in [3.05, 3.63) is 303 Å². The highest BCUT2D eigenvalue weighted by atomic mass is 16.3. The Bertz CT molecular complexity index is 6000. The SMILES string of the molecule is c1ccc2c(c1)c1ccccc1n2-c1cc2c(oc3c(-n4c5ccccc5c5ccccc54)c(-n4c5ccccc5c5ccccc54)c(-n4c5ccccc5c5ccccc54)cc32)c(-n2c3ccccc3c3ccccc32)c1-n1c2ccccc2c2ccccc21. The first-order valence-electron chi connectivity index (χ1n) is 31.3. The van der Waals surface area contributed by atoms with Crippen LogP contribution in [0, 0.1) is 0 Å². The van der Waals surface area contributed by atoms with Crippen molar-refractivity contribution >= 4 is 153 Å². The van der Waals surface area contributed by atoms with Gasteiger partial charge in [0.1, 0.15) is 11.4 Å². The fourth-order valence-electron chi connectivity index (χ4n) is 16.2. The molecular weight excluding hydrogens is 1110 g/mol. The molecule has 14 aromatic carbocycles. The summed E-state index contributed by atoms with van der Waals surface area (Å²) in [6.45, 7) is 0. The van der Waals surface area contributed by atoms with Crippen LogP contribution in [-0.2, 0) is 0 Å². The summed E-state index contributed by atoms with van der Waals surface area (Å²) in [5, 5.41) is 16.0. The lowest BCUT2D eigenvalue weighted by Gasteiger charge is -2.23. The molecule has 7 heteroatoms. The molecule has 0 N–H and O–H groups in total. The molecule has 422 valence electrons. The molecule has 7 nitrogen and oxygen atoms in total. The second-order valence-corrected chi connectivity index (χ2v) is 24.3. The minimum Gasteiger partial charge on any atom is -0.451 e. The Morgan fingerprint density at radius 2 is 0.308 bits per heavy atom. The quantitative estimate of drug-likeness (QED) is 0.164. The molecule has 7 aromatic heterocycles. The molecule has 0 spiro atoms. The molecule has 0 unspecified atom stereocenters. The van der Waals surface area contributed by atoms with E-state index in [2.05, 4.69) is 331 Å². The molecule has 0 radical (unpaired) electrons. The molecule has 0 fully saturated rings. The van der Waals surface area contributed by atoms with Gasteiger partial charge in [-0.2, -0.15) is 0 Å². The van der Waals surface area contributed by atoms with E-state index < -0.39 is 0 Å². The maximum atomic E-state index is 8.49. The van der Waals surface area contributed by atoms with Crippen LogP contribution in [-0.4, -0.2) is 27.4 Å². The summed E-state index contributed by atoms with van der Waals surface area (Å²) < 4.78 is 23.7. The predicted molar refractivity (Wildman–Crippen MR) is 380 cm³/mol. The van der Waals surface area contributed by atoms with Crippen molar-refractivity contribution in [2.24, 2.45) is 0 Å². The van der Waals surface area contributed by atoms with Gasteiger partial charge in [-0.05, 0) is 84.9 Å². The lowest BCUT2D eigenvalue weighted by atomic mass is 10.0. The number of aromatic nitrogens is 6. The topological polar surface area (TPSA) is 42.7 Å². The van der Waals surface area contributed by atoms with Crippen LogP contribution in [0.3, 0.4) is 0 Å². The van der Waals surface area contributed by atoms with Gasteiger partial charge >= 0.3 is 0 Å². The average molecular weight is 1160 g/mol. The number of rotatable bonds is 6. The molecule has 0 amide bonds. The van der Waals surface area contributed by atoms with Crippen LogP contribution < -0.4 is 0 Å². The Hall–Kier alpha value is -12.3. The van der Waals surface area contributed by atoms with Gasteiger partial charge in [0, 0.05) is 75.4 Å². The summed E-state index contributed by atoms with van der Waals surface area (Å²) >= 11 is 0. The van der Waals surface area contributed by atoms with E-state index in [-0.39, 0.29) is 0 Å². The van der Waals surface area contributed by atoms with E-state index in [0.29, 0.717) is 0 Å². The number of para-hydroxylation sites is 12. The summed E-state index contributed by atoms with van der Waals surface area (Å²) in [5.74, 6) is 0. The van der Waals surface area contributed by atoms with Crippen molar-refractivity contribution in [2.45, 2.75) is 0 Å². The second-order valence-electron chi connectivity index (χ2n) is 24.3.